The fourth-order valence-electron chi connectivity index (χ4n) is 8.50. The Morgan fingerprint density at radius 3 is 0.762 bits per heavy atom. The first kappa shape index (κ1) is 63.9. The monoisotopic (exact) mass is 895 g/mol. The van der Waals surface area contributed by atoms with Crippen LogP contribution in [0.3, 0.4) is 0 Å². The average Bonchev–Trinajstić information content (AvgIpc) is 3.29. The summed E-state index contributed by atoms with van der Waals surface area (Å²) in [4.78, 5) is 23.3. The molecule has 0 aliphatic carbocycles. The Bertz CT molecular complexity index is 848. The molecule has 0 heterocycles. The standard InChI is InChI=1S/C36H72O2.C21H42O4/c1-3-5-7-9-11-13-15-17-19-21-23-25-27-29-31-33-35-38-36(37)34-32-30-28-26-24-22-20-18-16-14-12-10-8-6-4-2;1-2-3-4-5-6-7-8-9-10-11-12-13-14-15-16-17-21(24)25-19-20(23)18-22/h3-35H2,1-2H3;20,22-23H,2-19H2,1H3. The molecule has 0 aromatic carbocycles. The summed E-state index contributed by atoms with van der Waals surface area (Å²) in [6.45, 7) is 7.01. The van der Waals surface area contributed by atoms with Crippen LogP contribution in [0.15, 0.2) is 0 Å². The lowest BCUT2D eigenvalue weighted by molar-refractivity contribution is -0.147. The normalized spacial score (nSPS) is 11.7. The minimum Gasteiger partial charge on any atom is -0.466 e. The third-order valence-corrected chi connectivity index (χ3v) is 12.9. The molecule has 0 aromatic heterocycles. The van der Waals surface area contributed by atoms with Crippen molar-refractivity contribution in [3.05, 3.63) is 0 Å². The van der Waals surface area contributed by atoms with E-state index in [0.29, 0.717) is 19.4 Å². The predicted octanol–water partition coefficient (Wildman–Crippen LogP) is 18.2. The zero-order valence-electron chi connectivity index (χ0n) is 43.2. The quantitative estimate of drug-likeness (QED) is 0.0467. The zero-order valence-corrected chi connectivity index (χ0v) is 43.2. The van der Waals surface area contributed by atoms with Crippen LogP contribution in [0.4, 0.5) is 0 Å². The molecule has 0 rings (SSSR count). The number of esters is 2. The Hall–Kier alpha value is -1.14. The van der Waals surface area contributed by atoms with Crippen LogP contribution in [0, 0.1) is 0 Å². The lowest BCUT2D eigenvalue weighted by atomic mass is 10.0. The summed E-state index contributed by atoms with van der Waals surface area (Å²) in [5, 5.41) is 17.7. The van der Waals surface area contributed by atoms with Gasteiger partial charge in [0.25, 0.3) is 0 Å². The molecule has 0 aliphatic rings. The van der Waals surface area contributed by atoms with Crippen molar-refractivity contribution in [2.75, 3.05) is 19.8 Å². The van der Waals surface area contributed by atoms with E-state index in [1.807, 2.05) is 0 Å². The van der Waals surface area contributed by atoms with Crippen molar-refractivity contribution < 1.29 is 29.3 Å². The van der Waals surface area contributed by atoms with Crippen molar-refractivity contribution in [1.82, 2.24) is 0 Å². The first-order chi connectivity index (χ1) is 31.0. The second-order valence-corrected chi connectivity index (χ2v) is 19.4. The van der Waals surface area contributed by atoms with E-state index < -0.39 is 6.10 Å². The van der Waals surface area contributed by atoms with E-state index in [2.05, 4.69) is 20.8 Å². The van der Waals surface area contributed by atoms with Gasteiger partial charge in [0.2, 0.25) is 0 Å². The van der Waals surface area contributed by atoms with Crippen molar-refractivity contribution in [1.29, 1.82) is 0 Å². The molecule has 0 radical (unpaired) electrons. The summed E-state index contributed by atoms with van der Waals surface area (Å²) in [7, 11) is 0. The lowest BCUT2D eigenvalue weighted by Crippen LogP contribution is -2.21. The van der Waals surface area contributed by atoms with Crippen LogP contribution in [-0.4, -0.2) is 48.1 Å². The van der Waals surface area contributed by atoms with E-state index in [9.17, 15) is 9.59 Å². The van der Waals surface area contributed by atoms with E-state index in [1.54, 1.807) is 0 Å². The lowest BCUT2D eigenvalue weighted by Gasteiger charge is -2.08. The molecule has 0 spiro atoms. The van der Waals surface area contributed by atoms with Gasteiger partial charge in [-0.05, 0) is 19.3 Å². The van der Waals surface area contributed by atoms with Crippen molar-refractivity contribution in [3.63, 3.8) is 0 Å². The number of hydrogen-bond acceptors (Lipinski definition) is 6. The Balaban J connectivity index is 0. The number of ether oxygens (including phenoxy) is 2. The molecule has 0 aromatic rings. The number of unbranched alkanes of at least 4 members (excludes halogenated alkanes) is 43. The molecule has 378 valence electrons. The highest BCUT2D eigenvalue weighted by Crippen LogP contribution is 2.17. The van der Waals surface area contributed by atoms with Crippen molar-refractivity contribution >= 4 is 11.9 Å². The summed E-state index contributed by atoms with van der Waals surface area (Å²) in [6, 6.07) is 0. The summed E-state index contributed by atoms with van der Waals surface area (Å²) >= 11 is 0. The minimum atomic E-state index is -0.954. The Labute approximate surface area is 394 Å². The molecule has 6 heteroatoms. The van der Waals surface area contributed by atoms with Crippen molar-refractivity contribution in [2.24, 2.45) is 0 Å². The third kappa shape index (κ3) is 60.9. The maximum absolute atomic E-state index is 11.9. The number of carbonyl (C=O) groups is 2. The summed E-state index contributed by atoms with van der Waals surface area (Å²) in [5.74, 6) is -0.247. The van der Waals surface area contributed by atoms with E-state index >= 15 is 0 Å². The number of hydrogen-bond donors (Lipinski definition) is 2. The number of carbonyl (C=O) groups excluding carboxylic acids is 2. The maximum atomic E-state index is 11.9. The minimum absolute atomic E-state index is 0.0284. The third-order valence-electron chi connectivity index (χ3n) is 12.9. The smallest absolute Gasteiger partial charge is 0.305 e. The molecule has 0 aliphatic heterocycles. The molecule has 0 amide bonds. The fourth-order valence-corrected chi connectivity index (χ4v) is 8.50. The van der Waals surface area contributed by atoms with Gasteiger partial charge in [-0.1, -0.05) is 297 Å². The first-order valence-electron chi connectivity index (χ1n) is 28.6. The van der Waals surface area contributed by atoms with Crippen LogP contribution in [0.25, 0.3) is 0 Å². The fraction of sp³-hybridized carbons (Fsp3) is 0.965. The van der Waals surface area contributed by atoms with E-state index in [4.69, 9.17) is 19.7 Å². The topological polar surface area (TPSA) is 93.1 Å². The van der Waals surface area contributed by atoms with Gasteiger partial charge in [-0.2, -0.15) is 0 Å². The van der Waals surface area contributed by atoms with E-state index in [0.717, 1.165) is 25.7 Å². The highest BCUT2D eigenvalue weighted by Gasteiger charge is 2.07. The number of aliphatic hydroxyl groups is 2. The largest absolute Gasteiger partial charge is 0.466 e. The molecule has 6 nitrogen and oxygen atoms in total. The van der Waals surface area contributed by atoms with E-state index in [1.165, 1.54) is 270 Å². The Kier molecular flexibility index (Phi) is 59.8. The van der Waals surface area contributed by atoms with Crippen LogP contribution in [0.1, 0.15) is 329 Å². The van der Waals surface area contributed by atoms with Gasteiger partial charge in [0.15, 0.2) is 0 Å². The molecule has 63 heavy (non-hydrogen) atoms. The van der Waals surface area contributed by atoms with Gasteiger partial charge in [0.05, 0.1) is 13.2 Å². The predicted molar refractivity (Wildman–Crippen MR) is 274 cm³/mol. The van der Waals surface area contributed by atoms with Gasteiger partial charge in [-0.3, -0.25) is 9.59 Å². The molecule has 1 atom stereocenters. The van der Waals surface area contributed by atoms with Crippen LogP contribution in [0.2, 0.25) is 0 Å². The molecular formula is C57H114O6. The van der Waals surface area contributed by atoms with Crippen LogP contribution >= 0.6 is 0 Å². The molecule has 1 unspecified atom stereocenters. The zero-order chi connectivity index (χ0) is 46.2. The summed E-state index contributed by atoms with van der Waals surface area (Å²) < 4.78 is 10.3. The van der Waals surface area contributed by atoms with Gasteiger partial charge in [-0.15, -0.1) is 0 Å². The highest BCUT2D eigenvalue weighted by molar-refractivity contribution is 5.69. The average molecular weight is 896 g/mol. The Morgan fingerprint density at radius 2 is 0.524 bits per heavy atom. The van der Waals surface area contributed by atoms with Crippen molar-refractivity contribution in [3.8, 4) is 0 Å². The van der Waals surface area contributed by atoms with Gasteiger partial charge < -0.3 is 19.7 Å². The molecule has 2 N–H and O–H groups in total. The number of aliphatic hydroxyl groups excluding tert-OH is 2. The van der Waals surface area contributed by atoms with Gasteiger partial charge in [0, 0.05) is 12.8 Å². The molecule has 0 bridgehead atoms. The van der Waals surface area contributed by atoms with Crippen molar-refractivity contribution in [2.45, 2.75) is 335 Å². The van der Waals surface area contributed by atoms with Crippen LogP contribution < -0.4 is 0 Å². The number of rotatable bonds is 52. The van der Waals surface area contributed by atoms with E-state index in [-0.39, 0.29) is 25.2 Å². The second-order valence-electron chi connectivity index (χ2n) is 19.4. The SMILES string of the molecule is CCCCCCCCCCCCCCCCCC(=O)OCC(O)CO.CCCCCCCCCCCCCCCCCCOC(=O)CCCCCCCCCCCCCCCCC. The summed E-state index contributed by atoms with van der Waals surface area (Å²) in [6.07, 6.45) is 62.1. The first-order valence-corrected chi connectivity index (χ1v) is 28.6. The maximum Gasteiger partial charge on any atom is 0.305 e. The molecule has 0 fully saturated rings. The van der Waals surface area contributed by atoms with Crippen LogP contribution in [0.5, 0.6) is 0 Å². The van der Waals surface area contributed by atoms with Gasteiger partial charge in [0.1, 0.15) is 12.7 Å². The Morgan fingerprint density at radius 1 is 0.317 bits per heavy atom. The second kappa shape index (κ2) is 58.9. The molecular weight excluding hydrogens is 781 g/mol. The molecule has 0 saturated carbocycles. The van der Waals surface area contributed by atoms with Crippen LogP contribution in [-0.2, 0) is 19.1 Å². The molecule has 0 saturated heterocycles. The highest BCUT2D eigenvalue weighted by atomic mass is 16.5. The van der Waals surface area contributed by atoms with Gasteiger partial charge >= 0.3 is 11.9 Å². The van der Waals surface area contributed by atoms with Gasteiger partial charge in [-0.25, -0.2) is 0 Å². The summed E-state index contributed by atoms with van der Waals surface area (Å²) in [5.41, 5.74) is 0.